The lowest BCUT2D eigenvalue weighted by molar-refractivity contribution is 0.116. The molecule has 52 valence electrons. The van der Waals surface area contributed by atoms with Gasteiger partial charge in [-0.15, -0.1) is 0 Å². The minimum Gasteiger partial charge on any atom is -0.427 e. The van der Waals surface area contributed by atoms with Gasteiger partial charge in [-0.1, -0.05) is 6.92 Å². The predicted octanol–water partition coefficient (Wildman–Crippen LogP) is 1.32. The van der Waals surface area contributed by atoms with Crippen LogP contribution in [0.1, 0.15) is 20.3 Å². The summed E-state index contributed by atoms with van der Waals surface area (Å²) in [6.07, 6.45) is 0.196. The Balaban J connectivity index is 2.47. The Bertz CT molecular complexity index is 121. The smallest absolute Gasteiger partial charge is 0.427 e. The molecule has 0 aromatic rings. The fraction of sp³-hybridized carbons (Fsp3) is 0.833. The normalized spacial score (nSPS) is 33.8. The summed E-state index contributed by atoms with van der Waals surface area (Å²) in [6, 6.07) is 0. The highest BCUT2D eigenvalue weighted by molar-refractivity contribution is 5.62. The van der Waals surface area contributed by atoms with Crippen LogP contribution < -0.4 is 0 Å². The molecule has 0 saturated carbocycles. The van der Waals surface area contributed by atoms with Gasteiger partial charge in [-0.2, -0.15) is 0 Å². The van der Waals surface area contributed by atoms with Crippen LogP contribution in [0, 0.1) is 0 Å². The van der Waals surface area contributed by atoms with Crippen molar-refractivity contribution in [2.45, 2.75) is 32.5 Å². The average molecular weight is 130 g/mol. The van der Waals surface area contributed by atoms with Gasteiger partial charge in [-0.25, -0.2) is 4.79 Å². The monoisotopic (exact) mass is 130 g/mol. The highest BCUT2D eigenvalue weighted by atomic mass is 16.8. The number of carbonyl (C=O) groups is 1. The van der Waals surface area contributed by atoms with Crippen molar-refractivity contribution < 1.29 is 14.3 Å². The first-order chi connectivity index (χ1) is 4.24. The van der Waals surface area contributed by atoms with Crippen LogP contribution in [0.15, 0.2) is 0 Å². The summed E-state index contributed by atoms with van der Waals surface area (Å²) >= 11 is 0. The molecular weight excluding hydrogens is 120 g/mol. The molecule has 0 amide bonds. The van der Waals surface area contributed by atoms with Crippen LogP contribution in [0.25, 0.3) is 0 Å². The minimum atomic E-state index is -0.533. The molecule has 0 aliphatic carbocycles. The number of carbonyl (C=O) groups excluding carboxylic acids is 1. The Morgan fingerprint density at radius 3 is 2.44 bits per heavy atom. The van der Waals surface area contributed by atoms with Gasteiger partial charge < -0.3 is 9.47 Å². The van der Waals surface area contributed by atoms with Gasteiger partial charge in [-0.05, 0) is 13.3 Å². The predicted molar refractivity (Wildman–Crippen MR) is 31.1 cm³/mol. The second kappa shape index (κ2) is 2.25. The van der Waals surface area contributed by atoms with Gasteiger partial charge in [0.25, 0.3) is 0 Å². The highest BCUT2D eigenvalue weighted by Crippen LogP contribution is 2.16. The lowest BCUT2D eigenvalue weighted by Crippen LogP contribution is -2.17. The molecule has 3 heteroatoms. The van der Waals surface area contributed by atoms with Crippen molar-refractivity contribution in [3.05, 3.63) is 0 Å². The lowest BCUT2D eigenvalue weighted by atomic mass is 10.2. The van der Waals surface area contributed by atoms with Gasteiger partial charge >= 0.3 is 6.16 Å². The molecule has 9 heavy (non-hydrogen) atoms. The molecule has 0 unspecified atom stereocenters. The average Bonchev–Trinajstić information content (AvgIpc) is 2.10. The zero-order chi connectivity index (χ0) is 6.85. The number of cyclic esters (lactones) is 2. The second-order valence-electron chi connectivity index (χ2n) is 2.14. The van der Waals surface area contributed by atoms with E-state index < -0.39 is 6.16 Å². The minimum absolute atomic E-state index is 0.0301. The molecule has 0 N–H and O–H groups in total. The third-order valence-corrected chi connectivity index (χ3v) is 1.46. The topological polar surface area (TPSA) is 35.5 Å². The van der Waals surface area contributed by atoms with Crippen LogP contribution >= 0.6 is 0 Å². The Morgan fingerprint density at radius 1 is 1.56 bits per heavy atom. The fourth-order valence-corrected chi connectivity index (χ4v) is 0.890. The molecule has 1 saturated heterocycles. The highest BCUT2D eigenvalue weighted by Gasteiger charge is 2.30. The van der Waals surface area contributed by atoms with Gasteiger partial charge in [0, 0.05) is 0 Å². The maximum absolute atomic E-state index is 10.4. The fourth-order valence-electron chi connectivity index (χ4n) is 0.890. The van der Waals surface area contributed by atoms with Crippen molar-refractivity contribution >= 4 is 6.16 Å². The zero-order valence-corrected chi connectivity index (χ0v) is 5.59. The summed E-state index contributed by atoms with van der Waals surface area (Å²) in [5.41, 5.74) is 0. The number of hydrogen-bond donors (Lipinski definition) is 0. The number of hydrogen-bond acceptors (Lipinski definition) is 3. The molecule has 1 aliphatic heterocycles. The van der Waals surface area contributed by atoms with E-state index >= 15 is 0 Å². The van der Waals surface area contributed by atoms with Gasteiger partial charge in [0.1, 0.15) is 12.2 Å². The van der Waals surface area contributed by atoms with Crippen LogP contribution in [0.4, 0.5) is 4.79 Å². The molecule has 1 heterocycles. The maximum atomic E-state index is 10.4. The largest absolute Gasteiger partial charge is 0.509 e. The van der Waals surface area contributed by atoms with Crippen LogP contribution in [0.5, 0.6) is 0 Å². The maximum Gasteiger partial charge on any atom is 0.509 e. The SMILES string of the molecule is CC[C@H]1OC(=O)O[C@@H]1C. The van der Waals surface area contributed by atoms with E-state index in [1.807, 2.05) is 13.8 Å². The van der Waals surface area contributed by atoms with E-state index in [-0.39, 0.29) is 12.2 Å². The van der Waals surface area contributed by atoms with Crippen LogP contribution in [0.2, 0.25) is 0 Å². The van der Waals surface area contributed by atoms with Crippen LogP contribution in [-0.2, 0) is 9.47 Å². The van der Waals surface area contributed by atoms with Crippen molar-refractivity contribution in [3.8, 4) is 0 Å². The van der Waals surface area contributed by atoms with Crippen molar-refractivity contribution in [3.63, 3.8) is 0 Å². The van der Waals surface area contributed by atoms with E-state index in [1.165, 1.54) is 0 Å². The molecule has 0 spiro atoms. The molecule has 3 nitrogen and oxygen atoms in total. The van der Waals surface area contributed by atoms with E-state index in [0.29, 0.717) is 0 Å². The Hall–Kier alpha value is -0.730. The van der Waals surface area contributed by atoms with Gasteiger partial charge in [0.15, 0.2) is 0 Å². The molecule has 0 bridgehead atoms. The standard InChI is InChI=1S/C6H10O3/c1-3-5-4(2)8-6(7)9-5/h4-5H,3H2,1-2H3/t4-,5-/m1/s1. The molecule has 1 fully saturated rings. The van der Waals surface area contributed by atoms with Crippen molar-refractivity contribution in [1.29, 1.82) is 0 Å². The third kappa shape index (κ3) is 1.15. The summed E-state index contributed by atoms with van der Waals surface area (Å²) in [6.45, 7) is 3.79. The summed E-state index contributed by atoms with van der Waals surface area (Å²) in [5, 5.41) is 0. The van der Waals surface area contributed by atoms with E-state index in [4.69, 9.17) is 9.47 Å². The second-order valence-corrected chi connectivity index (χ2v) is 2.14. The first-order valence-corrected chi connectivity index (χ1v) is 3.11. The molecule has 1 aliphatic rings. The Labute approximate surface area is 53.9 Å². The molecule has 0 aromatic heterocycles. The first kappa shape index (κ1) is 6.39. The molecule has 2 atom stereocenters. The molecule has 1 rings (SSSR count). The summed E-state index contributed by atoms with van der Waals surface area (Å²) in [4.78, 5) is 10.4. The van der Waals surface area contributed by atoms with Crippen LogP contribution in [0.3, 0.4) is 0 Å². The molecule has 0 radical (unpaired) electrons. The molecular formula is C6H10O3. The Morgan fingerprint density at radius 2 is 2.22 bits per heavy atom. The van der Waals surface area contributed by atoms with E-state index in [0.717, 1.165) is 6.42 Å². The van der Waals surface area contributed by atoms with E-state index in [2.05, 4.69) is 0 Å². The third-order valence-electron chi connectivity index (χ3n) is 1.46. The van der Waals surface area contributed by atoms with Gasteiger partial charge in [0.05, 0.1) is 0 Å². The Kier molecular flexibility index (Phi) is 1.60. The summed E-state index contributed by atoms with van der Waals surface area (Å²) < 4.78 is 9.47. The number of rotatable bonds is 1. The van der Waals surface area contributed by atoms with Crippen molar-refractivity contribution in [2.75, 3.05) is 0 Å². The van der Waals surface area contributed by atoms with Gasteiger partial charge in [-0.3, -0.25) is 0 Å². The summed E-state index contributed by atoms with van der Waals surface area (Å²) in [7, 11) is 0. The zero-order valence-electron chi connectivity index (χ0n) is 5.59. The quantitative estimate of drug-likeness (QED) is 0.502. The van der Waals surface area contributed by atoms with Crippen molar-refractivity contribution in [2.24, 2.45) is 0 Å². The summed E-state index contributed by atoms with van der Waals surface area (Å²) in [5.74, 6) is 0. The van der Waals surface area contributed by atoms with Crippen LogP contribution in [-0.4, -0.2) is 18.4 Å². The van der Waals surface area contributed by atoms with E-state index in [9.17, 15) is 4.79 Å². The lowest BCUT2D eigenvalue weighted by Gasteiger charge is -2.05. The van der Waals surface area contributed by atoms with Gasteiger partial charge in [0.2, 0.25) is 0 Å². The first-order valence-electron chi connectivity index (χ1n) is 3.11. The number of ether oxygens (including phenoxy) is 2. The van der Waals surface area contributed by atoms with Crippen molar-refractivity contribution in [1.82, 2.24) is 0 Å². The van der Waals surface area contributed by atoms with E-state index in [1.54, 1.807) is 0 Å². The molecule has 0 aromatic carbocycles.